The SMILES string of the molecule is CC(C)c1ccc(N(c2cc(N(c3ccc(C(C)C)cc3)c3cccc4c3oc3ccccc34)c3ccc4c(C5CCCCC5)cc(C5CCCCC5)c5ccc2c3c54)c2cccc3c2oc2ccccc23)cc1. The average molecular weight is 965 g/mol. The van der Waals surface area contributed by atoms with E-state index in [-0.39, 0.29) is 0 Å². The van der Waals surface area contributed by atoms with Crippen molar-refractivity contribution in [1.29, 1.82) is 0 Å². The third kappa shape index (κ3) is 7.30. The Bertz CT molecular complexity index is 3790. The molecule has 12 aromatic rings. The van der Waals surface area contributed by atoms with Gasteiger partial charge in [-0.25, -0.2) is 0 Å². The lowest BCUT2D eigenvalue weighted by atomic mass is 9.75. The predicted octanol–water partition coefficient (Wildman–Crippen LogP) is 21.7. The lowest BCUT2D eigenvalue weighted by Gasteiger charge is -2.33. The van der Waals surface area contributed by atoms with Gasteiger partial charge >= 0.3 is 0 Å². The van der Waals surface area contributed by atoms with Crippen LogP contribution in [0.1, 0.15) is 138 Å². The minimum atomic E-state index is 0.394. The Morgan fingerprint density at radius 1 is 0.351 bits per heavy atom. The van der Waals surface area contributed by atoms with Crippen molar-refractivity contribution in [3.05, 3.63) is 192 Å². The lowest BCUT2D eigenvalue weighted by molar-refractivity contribution is 0.438. The third-order valence-corrected chi connectivity index (χ3v) is 17.4. The fourth-order valence-electron chi connectivity index (χ4n) is 13.5. The number of benzene rings is 10. The summed E-state index contributed by atoms with van der Waals surface area (Å²) in [4.78, 5) is 5.02. The van der Waals surface area contributed by atoms with E-state index in [1.165, 1.54) is 108 Å². The van der Waals surface area contributed by atoms with E-state index in [0.717, 1.165) is 78.0 Å². The number of hydrogen-bond acceptors (Lipinski definition) is 4. The smallest absolute Gasteiger partial charge is 0.159 e. The van der Waals surface area contributed by atoms with Crippen LogP contribution in [0.4, 0.5) is 34.1 Å². The highest BCUT2D eigenvalue weighted by atomic mass is 16.3. The molecule has 0 spiro atoms. The van der Waals surface area contributed by atoms with E-state index in [4.69, 9.17) is 8.83 Å². The number of fused-ring (bicyclic) bond motifs is 6. The second-order valence-electron chi connectivity index (χ2n) is 22.4. The Morgan fingerprint density at radius 2 is 0.743 bits per heavy atom. The van der Waals surface area contributed by atoms with Crippen LogP contribution in [0, 0.1) is 0 Å². The number of rotatable bonds is 10. The Hall–Kier alpha value is -7.56. The van der Waals surface area contributed by atoms with E-state index in [9.17, 15) is 0 Å². The van der Waals surface area contributed by atoms with Gasteiger partial charge in [0.25, 0.3) is 0 Å². The molecule has 2 aliphatic rings. The van der Waals surface area contributed by atoms with Gasteiger partial charge in [0, 0.05) is 49.1 Å². The van der Waals surface area contributed by atoms with E-state index in [0.29, 0.717) is 23.7 Å². The summed E-state index contributed by atoms with van der Waals surface area (Å²) < 4.78 is 14.0. The van der Waals surface area contributed by atoms with E-state index in [1.807, 2.05) is 0 Å². The minimum absolute atomic E-state index is 0.394. The van der Waals surface area contributed by atoms with Gasteiger partial charge in [-0.15, -0.1) is 0 Å². The molecule has 0 bridgehead atoms. The van der Waals surface area contributed by atoms with Gasteiger partial charge < -0.3 is 18.6 Å². The summed E-state index contributed by atoms with van der Waals surface area (Å²) in [6.45, 7) is 9.12. The zero-order chi connectivity index (χ0) is 49.6. The molecule has 2 fully saturated rings. The summed E-state index contributed by atoms with van der Waals surface area (Å²) in [6.07, 6.45) is 12.9. The monoisotopic (exact) mass is 964 g/mol. The molecular formula is C70H64N2O2. The first-order chi connectivity index (χ1) is 36.4. The number of para-hydroxylation sites is 4. The van der Waals surface area contributed by atoms with E-state index < -0.39 is 0 Å². The highest BCUT2D eigenvalue weighted by molar-refractivity contribution is 6.30. The third-order valence-electron chi connectivity index (χ3n) is 17.4. The molecule has 2 saturated carbocycles. The first-order valence-electron chi connectivity index (χ1n) is 27.8. The van der Waals surface area contributed by atoms with Crippen molar-refractivity contribution in [2.45, 2.75) is 116 Å². The Balaban J connectivity index is 1.15. The van der Waals surface area contributed by atoms with Crippen molar-refractivity contribution in [3.8, 4) is 0 Å². The normalized spacial score (nSPS) is 15.2. The summed E-state index contributed by atoms with van der Waals surface area (Å²) in [5.74, 6) is 1.90. The summed E-state index contributed by atoms with van der Waals surface area (Å²) in [7, 11) is 0. The molecule has 0 aliphatic heterocycles. The molecule has 0 radical (unpaired) electrons. The molecule has 0 unspecified atom stereocenters. The van der Waals surface area contributed by atoms with Crippen LogP contribution in [0.2, 0.25) is 0 Å². The largest absolute Gasteiger partial charge is 0.454 e. The fourth-order valence-corrected chi connectivity index (χ4v) is 13.5. The van der Waals surface area contributed by atoms with Crippen molar-refractivity contribution in [2.75, 3.05) is 9.80 Å². The van der Waals surface area contributed by atoms with Crippen molar-refractivity contribution in [2.24, 2.45) is 0 Å². The molecule has 0 amide bonds. The summed E-state index contributed by atoms with van der Waals surface area (Å²) in [6, 6.07) is 64.1. The fraction of sp³-hybridized carbons (Fsp3) is 0.257. The molecule has 0 atom stereocenters. The maximum atomic E-state index is 7.02. The van der Waals surface area contributed by atoms with Crippen LogP contribution in [0.25, 0.3) is 76.2 Å². The van der Waals surface area contributed by atoms with Gasteiger partial charge in [0.05, 0.1) is 22.7 Å². The second kappa shape index (κ2) is 18.1. The minimum Gasteiger partial charge on any atom is -0.454 e. The van der Waals surface area contributed by atoms with E-state index in [1.54, 1.807) is 11.1 Å². The molecule has 2 aromatic heterocycles. The predicted molar refractivity (Wildman–Crippen MR) is 314 cm³/mol. The van der Waals surface area contributed by atoms with Gasteiger partial charge in [-0.1, -0.05) is 181 Å². The van der Waals surface area contributed by atoms with Crippen LogP contribution in [-0.2, 0) is 0 Å². The molecule has 2 heterocycles. The molecule has 14 rings (SSSR count). The molecule has 2 aliphatic carbocycles. The molecule has 74 heavy (non-hydrogen) atoms. The van der Waals surface area contributed by atoms with Crippen LogP contribution in [0.15, 0.2) is 179 Å². The van der Waals surface area contributed by atoms with Gasteiger partial charge in [0.1, 0.15) is 11.2 Å². The number of hydrogen-bond donors (Lipinski definition) is 0. The summed E-state index contributed by atoms with van der Waals surface area (Å²) in [5, 5.41) is 12.5. The first kappa shape index (κ1) is 45.1. The van der Waals surface area contributed by atoms with Crippen molar-refractivity contribution in [3.63, 3.8) is 0 Å². The van der Waals surface area contributed by atoms with Crippen molar-refractivity contribution in [1.82, 2.24) is 0 Å². The highest BCUT2D eigenvalue weighted by Crippen LogP contribution is 2.55. The van der Waals surface area contributed by atoms with Crippen molar-refractivity contribution < 1.29 is 8.83 Å². The topological polar surface area (TPSA) is 32.8 Å². The molecule has 366 valence electrons. The van der Waals surface area contributed by atoms with Crippen LogP contribution >= 0.6 is 0 Å². The van der Waals surface area contributed by atoms with Gasteiger partial charge in [-0.05, 0) is 142 Å². The van der Waals surface area contributed by atoms with Crippen LogP contribution in [0.3, 0.4) is 0 Å². The number of nitrogens with zero attached hydrogens (tertiary/aromatic N) is 2. The first-order valence-corrected chi connectivity index (χ1v) is 27.8. The van der Waals surface area contributed by atoms with Crippen LogP contribution in [-0.4, -0.2) is 0 Å². The zero-order valence-corrected chi connectivity index (χ0v) is 43.3. The van der Waals surface area contributed by atoms with Crippen LogP contribution in [0.5, 0.6) is 0 Å². The van der Waals surface area contributed by atoms with Gasteiger partial charge in [-0.2, -0.15) is 0 Å². The lowest BCUT2D eigenvalue weighted by Crippen LogP contribution is -2.15. The zero-order valence-electron chi connectivity index (χ0n) is 43.3. The summed E-state index contributed by atoms with van der Waals surface area (Å²) >= 11 is 0. The molecule has 0 N–H and O–H groups in total. The standard InChI is InChI=1S/C70H64N2O2/c1-43(2)45-29-33-49(34-30-45)71(61-25-15-23-55-51-21-11-13-27-65(51)73-69(55)61)63-42-64(72(50-35-31-46(32-36-50)44(3)4)62-26-16-24-56-52-22-12-14-28-66(52)74-70(56)62)58-40-38-54-60(48-19-9-6-10-20-48)41-59(47-17-7-5-8-18-47)53-37-39-57(63)68(58)67(53)54/h11-16,21-44,47-48H,5-10,17-20H2,1-4H3. The van der Waals surface area contributed by atoms with E-state index >= 15 is 0 Å². The molecule has 10 aromatic carbocycles. The van der Waals surface area contributed by atoms with Gasteiger partial charge in [-0.3, -0.25) is 0 Å². The molecule has 0 saturated heterocycles. The Morgan fingerprint density at radius 3 is 1.18 bits per heavy atom. The van der Waals surface area contributed by atoms with Crippen molar-refractivity contribution >= 4 is 110 Å². The molecule has 4 heteroatoms. The van der Waals surface area contributed by atoms with E-state index in [2.05, 4.69) is 207 Å². The van der Waals surface area contributed by atoms with Gasteiger partial charge in [0.15, 0.2) is 11.2 Å². The molecule has 4 nitrogen and oxygen atoms in total. The summed E-state index contributed by atoms with van der Waals surface area (Å²) in [5.41, 5.74) is 15.7. The number of furan rings is 2. The average Bonchev–Trinajstić information content (AvgIpc) is 4.06. The highest BCUT2D eigenvalue weighted by Gasteiger charge is 2.31. The van der Waals surface area contributed by atoms with Gasteiger partial charge in [0.2, 0.25) is 0 Å². The number of anilines is 6. The van der Waals surface area contributed by atoms with Crippen LogP contribution < -0.4 is 9.80 Å². The second-order valence-corrected chi connectivity index (χ2v) is 22.4. The maximum Gasteiger partial charge on any atom is 0.159 e. The molecular weight excluding hydrogens is 901 g/mol. The Kier molecular flexibility index (Phi) is 11.0. The Labute approximate surface area is 434 Å². The maximum absolute atomic E-state index is 7.02. The quantitative estimate of drug-likeness (QED) is 0.128.